The number of anilines is 1. The third-order valence-corrected chi connectivity index (χ3v) is 4.56. The second-order valence-electron chi connectivity index (χ2n) is 4.55. The lowest BCUT2D eigenvalue weighted by molar-refractivity contribution is 0.687. The van der Waals surface area contributed by atoms with Gasteiger partial charge in [0, 0.05) is 36.8 Å². The Labute approximate surface area is 118 Å². The van der Waals surface area contributed by atoms with E-state index in [1.165, 1.54) is 0 Å². The molecule has 1 aromatic rings. The summed E-state index contributed by atoms with van der Waals surface area (Å²) in [4.78, 5) is 6.87. The highest BCUT2D eigenvalue weighted by atomic mass is 35.5. The van der Waals surface area contributed by atoms with Crippen molar-refractivity contribution in [1.29, 1.82) is 0 Å². The molecule has 2 heterocycles. The van der Waals surface area contributed by atoms with E-state index in [0.717, 1.165) is 47.5 Å². The van der Waals surface area contributed by atoms with Crippen LogP contribution in [0.2, 0.25) is 5.02 Å². The van der Waals surface area contributed by atoms with E-state index in [9.17, 15) is 0 Å². The maximum absolute atomic E-state index is 6.37. The molecule has 3 nitrogen and oxygen atoms in total. The van der Waals surface area contributed by atoms with Gasteiger partial charge >= 0.3 is 0 Å². The molecule has 1 atom stereocenters. The van der Waals surface area contributed by atoms with E-state index in [-0.39, 0.29) is 0 Å². The third-order valence-electron chi connectivity index (χ3n) is 3.10. The van der Waals surface area contributed by atoms with E-state index in [2.05, 4.69) is 29.0 Å². The van der Waals surface area contributed by atoms with Crippen molar-refractivity contribution in [3.8, 4) is 0 Å². The summed E-state index contributed by atoms with van der Waals surface area (Å²) < 4.78 is 0. The van der Waals surface area contributed by atoms with Crippen LogP contribution in [-0.2, 0) is 6.54 Å². The van der Waals surface area contributed by atoms with Crippen molar-refractivity contribution < 1.29 is 0 Å². The number of nitrogens with zero attached hydrogens (tertiary/aromatic N) is 2. The Morgan fingerprint density at radius 3 is 3.11 bits per heavy atom. The number of nitrogens with one attached hydrogen (secondary N) is 1. The number of rotatable bonds is 4. The van der Waals surface area contributed by atoms with E-state index in [1.807, 2.05) is 24.0 Å². The summed E-state index contributed by atoms with van der Waals surface area (Å²) >= 11 is 8.37. The van der Waals surface area contributed by atoms with E-state index < -0.39 is 0 Å². The second-order valence-corrected chi connectivity index (χ2v) is 6.10. The predicted octanol–water partition coefficient (Wildman–Crippen LogP) is 2.79. The van der Waals surface area contributed by atoms with Crippen molar-refractivity contribution in [2.24, 2.45) is 0 Å². The monoisotopic (exact) mass is 285 g/mol. The lowest BCUT2D eigenvalue weighted by atomic mass is 10.2. The highest BCUT2D eigenvalue weighted by Crippen LogP contribution is 2.29. The van der Waals surface area contributed by atoms with Crippen LogP contribution in [0.1, 0.15) is 19.4 Å². The van der Waals surface area contributed by atoms with Gasteiger partial charge < -0.3 is 10.2 Å². The maximum Gasteiger partial charge on any atom is 0.147 e. The molecule has 0 amide bonds. The van der Waals surface area contributed by atoms with Gasteiger partial charge in [0.1, 0.15) is 5.82 Å². The first-order chi connectivity index (χ1) is 8.72. The zero-order valence-corrected chi connectivity index (χ0v) is 12.5. The SMILES string of the molecule is CCNCc1cnc(N2CCSCC2C)c(Cl)c1. The molecule has 1 aliphatic rings. The van der Waals surface area contributed by atoms with Gasteiger partial charge in [-0.2, -0.15) is 11.8 Å². The van der Waals surface area contributed by atoms with Crippen molar-refractivity contribution >= 4 is 29.2 Å². The number of hydrogen-bond donors (Lipinski definition) is 1. The van der Waals surface area contributed by atoms with Crippen LogP contribution >= 0.6 is 23.4 Å². The Hall–Kier alpha value is -0.450. The molecule has 0 bridgehead atoms. The number of aromatic nitrogens is 1. The van der Waals surface area contributed by atoms with Gasteiger partial charge in [0.15, 0.2) is 0 Å². The zero-order valence-electron chi connectivity index (χ0n) is 10.9. The summed E-state index contributed by atoms with van der Waals surface area (Å²) in [5, 5.41) is 4.05. The summed E-state index contributed by atoms with van der Waals surface area (Å²) in [7, 11) is 0. The molecule has 18 heavy (non-hydrogen) atoms. The Kier molecular flexibility index (Phi) is 5.15. The molecule has 100 valence electrons. The van der Waals surface area contributed by atoms with Crippen LogP contribution in [-0.4, -0.2) is 35.6 Å². The number of halogens is 1. The maximum atomic E-state index is 6.37. The molecule has 1 aliphatic heterocycles. The van der Waals surface area contributed by atoms with E-state index in [0.29, 0.717) is 6.04 Å². The lowest BCUT2D eigenvalue weighted by Crippen LogP contribution is -2.41. The first kappa shape index (κ1) is 14.0. The fourth-order valence-electron chi connectivity index (χ4n) is 2.09. The van der Waals surface area contributed by atoms with Crippen LogP contribution in [0.4, 0.5) is 5.82 Å². The van der Waals surface area contributed by atoms with Gasteiger partial charge in [-0.15, -0.1) is 0 Å². The first-order valence-electron chi connectivity index (χ1n) is 6.42. The first-order valence-corrected chi connectivity index (χ1v) is 7.95. The lowest BCUT2D eigenvalue weighted by Gasteiger charge is -2.34. The quantitative estimate of drug-likeness (QED) is 0.921. The molecule has 0 saturated carbocycles. The standard InChI is InChI=1S/C13H20ClN3S/c1-3-15-7-11-6-12(14)13(16-8-11)17-4-5-18-9-10(17)2/h6,8,10,15H,3-5,7,9H2,1-2H3. The van der Waals surface area contributed by atoms with Gasteiger partial charge in [0.25, 0.3) is 0 Å². The fraction of sp³-hybridized carbons (Fsp3) is 0.615. The Balaban J connectivity index is 2.13. The highest BCUT2D eigenvalue weighted by molar-refractivity contribution is 7.99. The number of hydrogen-bond acceptors (Lipinski definition) is 4. The minimum Gasteiger partial charge on any atom is -0.351 e. The van der Waals surface area contributed by atoms with Crippen molar-refractivity contribution in [3.63, 3.8) is 0 Å². The van der Waals surface area contributed by atoms with Crippen LogP contribution in [0.3, 0.4) is 0 Å². The largest absolute Gasteiger partial charge is 0.351 e. The molecular weight excluding hydrogens is 266 g/mol. The molecule has 1 saturated heterocycles. The van der Waals surface area contributed by atoms with Crippen LogP contribution in [0.5, 0.6) is 0 Å². The van der Waals surface area contributed by atoms with Gasteiger partial charge in [-0.1, -0.05) is 18.5 Å². The zero-order chi connectivity index (χ0) is 13.0. The molecule has 5 heteroatoms. The van der Waals surface area contributed by atoms with Crippen molar-refractivity contribution in [1.82, 2.24) is 10.3 Å². The molecule has 1 N–H and O–H groups in total. The molecule has 0 aliphatic carbocycles. The Morgan fingerprint density at radius 2 is 2.44 bits per heavy atom. The number of thioether (sulfide) groups is 1. The smallest absolute Gasteiger partial charge is 0.147 e. The van der Waals surface area contributed by atoms with Crippen molar-refractivity contribution in [3.05, 3.63) is 22.8 Å². The molecule has 0 aromatic carbocycles. The molecule has 0 spiro atoms. The summed E-state index contributed by atoms with van der Waals surface area (Å²) in [6, 6.07) is 2.54. The fourth-order valence-corrected chi connectivity index (χ4v) is 3.40. The third kappa shape index (κ3) is 3.31. The summed E-state index contributed by atoms with van der Waals surface area (Å²) in [6.45, 7) is 7.15. The van der Waals surface area contributed by atoms with E-state index in [4.69, 9.17) is 11.6 Å². The summed E-state index contributed by atoms with van der Waals surface area (Å²) in [5.74, 6) is 3.24. The van der Waals surface area contributed by atoms with E-state index in [1.54, 1.807) is 0 Å². The highest BCUT2D eigenvalue weighted by Gasteiger charge is 2.21. The van der Waals surface area contributed by atoms with Crippen LogP contribution < -0.4 is 10.2 Å². The molecule has 1 aromatic heterocycles. The minimum atomic E-state index is 0.508. The van der Waals surface area contributed by atoms with Crippen molar-refractivity contribution in [2.45, 2.75) is 26.4 Å². The molecule has 1 unspecified atom stereocenters. The van der Waals surface area contributed by atoms with Gasteiger partial charge in [-0.05, 0) is 25.1 Å². The topological polar surface area (TPSA) is 28.2 Å². The average molecular weight is 286 g/mol. The summed E-state index contributed by atoms with van der Waals surface area (Å²) in [6.07, 6.45) is 1.93. The minimum absolute atomic E-state index is 0.508. The van der Waals surface area contributed by atoms with Gasteiger partial charge in [0.05, 0.1) is 5.02 Å². The second kappa shape index (κ2) is 6.64. The van der Waals surface area contributed by atoms with Gasteiger partial charge in [-0.25, -0.2) is 4.98 Å². The Bertz CT molecular complexity index is 400. The predicted molar refractivity (Wildman–Crippen MR) is 80.8 cm³/mol. The van der Waals surface area contributed by atoms with E-state index >= 15 is 0 Å². The average Bonchev–Trinajstić information content (AvgIpc) is 2.38. The van der Waals surface area contributed by atoms with Crippen LogP contribution in [0.25, 0.3) is 0 Å². The van der Waals surface area contributed by atoms with Gasteiger partial charge in [0.2, 0.25) is 0 Å². The molecule has 0 radical (unpaired) electrons. The Morgan fingerprint density at radius 1 is 1.61 bits per heavy atom. The van der Waals surface area contributed by atoms with Crippen LogP contribution in [0, 0.1) is 0 Å². The molecule has 2 rings (SSSR count). The van der Waals surface area contributed by atoms with Gasteiger partial charge in [-0.3, -0.25) is 0 Å². The normalized spacial score (nSPS) is 20.2. The summed E-state index contributed by atoms with van der Waals surface area (Å²) in [5.41, 5.74) is 1.14. The van der Waals surface area contributed by atoms with Crippen LogP contribution in [0.15, 0.2) is 12.3 Å². The van der Waals surface area contributed by atoms with Crippen molar-refractivity contribution in [2.75, 3.05) is 29.5 Å². The number of pyridine rings is 1. The molecular formula is C13H20ClN3S. The molecule has 1 fully saturated rings.